The number of aromatic nitrogens is 1. The van der Waals surface area contributed by atoms with Crippen LogP contribution >= 0.6 is 0 Å². The normalized spacial score (nSPS) is 24.0. The molecule has 7 heteroatoms. The number of fused-ring (bicyclic) bond motifs is 2. The number of rotatable bonds is 6. The summed E-state index contributed by atoms with van der Waals surface area (Å²) in [5.74, 6) is 2.16. The molecule has 4 heterocycles. The molecule has 1 aromatic carbocycles. The lowest BCUT2D eigenvalue weighted by molar-refractivity contribution is 0.144. The van der Waals surface area contributed by atoms with E-state index < -0.39 is 0 Å². The largest absolute Gasteiger partial charge is 0.355 e. The van der Waals surface area contributed by atoms with Crippen LogP contribution in [-0.4, -0.2) is 82.8 Å². The number of likely N-dealkylation sites (N-methyl/N-ethyl adjacent to an activating group) is 1. The minimum absolute atomic E-state index is 0.174. The number of pyridine rings is 1. The maximum absolute atomic E-state index is 13.6. The number of nitrogens with zero attached hydrogens (tertiary/aromatic N) is 6. The van der Waals surface area contributed by atoms with Gasteiger partial charge in [-0.1, -0.05) is 24.3 Å². The van der Waals surface area contributed by atoms with Crippen molar-refractivity contribution in [2.75, 3.05) is 46.3 Å². The Morgan fingerprint density at radius 3 is 2.75 bits per heavy atom. The third-order valence-corrected chi connectivity index (χ3v) is 7.93. The van der Waals surface area contributed by atoms with Crippen LogP contribution in [0.15, 0.2) is 71.6 Å². The molecular formula is C29H35FN6. The fourth-order valence-electron chi connectivity index (χ4n) is 6.00. The number of amidine groups is 1. The number of hydrogen-bond acceptors (Lipinski definition) is 6. The molecule has 6 nitrogen and oxygen atoms in total. The van der Waals surface area contributed by atoms with Crippen molar-refractivity contribution in [2.45, 2.75) is 37.9 Å². The van der Waals surface area contributed by atoms with Gasteiger partial charge in [-0.25, -0.2) is 4.39 Å². The molecule has 1 saturated heterocycles. The van der Waals surface area contributed by atoms with E-state index in [1.165, 1.54) is 17.1 Å². The Kier molecular flexibility index (Phi) is 6.59. The summed E-state index contributed by atoms with van der Waals surface area (Å²) in [6.45, 7) is 6.77. The first-order valence-electron chi connectivity index (χ1n) is 13.2. The Balaban J connectivity index is 1.23. The van der Waals surface area contributed by atoms with Gasteiger partial charge in [0.2, 0.25) is 0 Å². The molecule has 1 unspecified atom stereocenters. The molecule has 1 fully saturated rings. The van der Waals surface area contributed by atoms with Crippen molar-refractivity contribution in [1.82, 2.24) is 24.6 Å². The first-order chi connectivity index (χ1) is 17.6. The quantitative estimate of drug-likeness (QED) is 0.620. The second-order valence-corrected chi connectivity index (χ2v) is 10.4. The molecule has 2 atom stereocenters. The lowest BCUT2D eigenvalue weighted by Crippen LogP contribution is -2.48. The van der Waals surface area contributed by atoms with Crippen molar-refractivity contribution >= 4 is 5.84 Å². The number of aliphatic imine (C=N–C) groups is 1. The molecule has 0 N–H and O–H groups in total. The SMILES string of the molecule is CN1CCN(C2=CC=CC3=NC(CN(Cc4ccc(F)cc4)[C@H]4CCCc5cccnc54)CN23)CC1. The van der Waals surface area contributed by atoms with Crippen LogP contribution in [0.1, 0.15) is 35.7 Å². The fraction of sp³-hybridized carbons (Fsp3) is 0.448. The standard InChI is InChI=1S/C29H35FN6/c1-33-15-17-34(18-16-33)28-9-3-8-27-32-25(21-36(27)28)20-35(19-22-10-12-24(30)13-11-22)26-7-2-5-23-6-4-14-31-29(23)26/h3-4,6,8-14,25-26H,2,5,7,15-21H2,1H3/t25?,26-/m0/s1. The molecular weight excluding hydrogens is 451 g/mol. The minimum Gasteiger partial charge on any atom is -0.355 e. The Morgan fingerprint density at radius 1 is 1.08 bits per heavy atom. The van der Waals surface area contributed by atoms with Crippen molar-refractivity contribution < 1.29 is 4.39 Å². The number of hydrogen-bond donors (Lipinski definition) is 0. The molecule has 1 aliphatic carbocycles. The van der Waals surface area contributed by atoms with Gasteiger partial charge in [0.05, 0.1) is 17.8 Å². The molecule has 6 rings (SSSR count). The smallest absolute Gasteiger partial charge is 0.129 e. The first kappa shape index (κ1) is 23.4. The Hall–Kier alpha value is -3.03. The molecule has 188 valence electrons. The van der Waals surface area contributed by atoms with Gasteiger partial charge < -0.3 is 14.7 Å². The summed E-state index contributed by atoms with van der Waals surface area (Å²) in [7, 11) is 2.19. The molecule has 4 aliphatic rings. The van der Waals surface area contributed by atoms with Crippen molar-refractivity contribution in [2.24, 2.45) is 4.99 Å². The highest BCUT2D eigenvalue weighted by atomic mass is 19.1. The number of allylic oxidation sites excluding steroid dienone is 2. The van der Waals surface area contributed by atoms with Gasteiger partial charge in [0.1, 0.15) is 17.5 Å². The lowest BCUT2D eigenvalue weighted by Gasteiger charge is -2.40. The second kappa shape index (κ2) is 10.1. The van der Waals surface area contributed by atoms with Gasteiger partial charge in [-0.2, -0.15) is 0 Å². The summed E-state index contributed by atoms with van der Waals surface area (Å²) >= 11 is 0. The molecule has 36 heavy (non-hydrogen) atoms. The molecule has 1 aromatic heterocycles. The second-order valence-electron chi connectivity index (χ2n) is 10.4. The van der Waals surface area contributed by atoms with E-state index in [1.54, 1.807) is 12.1 Å². The zero-order valence-electron chi connectivity index (χ0n) is 21.1. The summed E-state index contributed by atoms with van der Waals surface area (Å²) in [6, 6.07) is 11.6. The van der Waals surface area contributed by atoms with E-state index in [1.807, 2.05) is 24.4 Å². The van der Waals surface area contributed by atoms with E-state index in [-0.39, 0.29) is 17.9 Å². The molecule has 0 bridgehead atoms. The van der Waals surface area contributed by atoms with Crippen LogP contribution in [0.5, 0.6) is 0 Å². The van der Waals surface area contributed by atoms with Gasteiger partial charge in [0.15, 0.2) is 0 Å². The van der Waals surface area contributed by atoms with E-state index >= 15 is 0 Å². The number of benzene rings is 1. The first-order valence-corrected chi connectivity index (χ1v) is 13.2. The Labute approximate surface area is 213 Å². The third-order valence-electron chi connectivity index (χ3n) is 7.93. The van der Waals surface area contributed by atoms with Crippen LogP contribution < -0.4 is 0 Å². The highest BCUT2D eigenvalue weighted by Crippen LogP contribution is 2.35. The molecule has 3 aliphatic heterocycles. The topological polar surface area (TPSA) is 38.2 Å². The predicted molar refractivity (Wildman–Crippen MR) is 141 cm³/mol. The number of aryl methyl sites for hydroxylation is 1. The number of halogens is 1. The zero-order valence-corrected chi connectivity index (χ0v) is 21.1. The van der Waals surface area contributed by atoms with Crippen LogP contribution in [-0.2, 0) is 13.0 Å². The van der Waals surface area contributed by atoms with Gasteiger partial charge >= 0.3 is 0 Å². The van der Waals surface area contributed by atoms with Gasteiger partial charge in [-0.15, -0.1) is 0 Å². The fourth-order valence-corrected chi connectivity index (χ4v) is 6.00. The lowest BCUT2D eigenvalue weighted by atomic mass is 9.90. The van der Waals surface area contributed by atoms with E-state index in [0.717, 1.165) is 76.5 Å². The monoisotopic (exact) mass is 486 g/mol. The average Bonchev–Trinajstić information content (AvgIpc) is 3.32. The molecule has 2 aromatic rings. The van der Waals surface area contributed by atoms with E-state index in [4.69, 9.17) is 9.98 Å². The van der Waals surface area contributed by atoms with Crippen molar-refractivity contribution in [3.8, 4) is 0 Å². The third kappa shape index (κ3) is 4.82. The van der Waals surface area contributed by atoms with Gasteiger partial charge in [-0.3, -0.25) is 14.9 Å². The van der Waals surface area contributed by atoms with Crippen molar-refractivity contribution in [3.05, 3.63) is 89.3 Å². The van der Waals surface area contributed by atoms with Gasteiger partial charge in [0, 0.05) is 52.0 Å². The summed E-state index contributed by atoms with van der Waals surface area (Å²) in [5, 5.41) is 0. The van der Waals surface area contributed by atoms with E-state index in [2.05, 4.69) is 50.9 Å². The van der Waals surface area contributed by atoms with Crippen molar-refractivity contribution in [1.29, 1.82) is 0 Å². The molecule has 0 amide bonds. The van der Waals surface area contributed by atoms with Crippen molar-refractivity contribution in [3.63, 3.8) is 0 Å². The van der Waals surface area contributed by atoms with Crippen LogP contribution in [0.2, 0.25) is 0 Å². The van der Waals surface area contributed by atoms with Crippen LogP contribution in [0.3, 0.4) is 0 Å². The maximum atomic E-state index is 13.6. The molecule has 0 spiro atoms. The Bertz CT molecular complexity index is 1160. The van der Waals surface area contributed by atoms with Crippen LogP contribution in [0.4, 0.5) is 4.39 Å². The predicted octanol–water partition coefficient (Wildman–Crippen LogP) is 3.84. The zero-order chi connectivity index (χ0) is 24.5. The molecule has 0 radical (unpaired) electrons. The van der Waals surface area contributed by atoms with E-state index in [9.17, 15) is 4.39 Å². The van der Waals surface area contributed by atoms with Crippen LogP contribution in [0, 0.1) is 5.82 Å². The maximum Gasteiger partial charge on any atom is 0.129 e. The Morgan fingerprint density at radius 2 is 1.92 bits per heavy atom. The number of piperazine rings is 1. The minimum atomic E-state index is -0.191. The summed E-state index contributed by atoms with van der Waals surface area (Å²) < 4.78 is 13.6. The average molecular weight is 487 g/mol. The van der Waals surface area contributed by atoms with Crippen LogP contribution in [0.25, 0.3) is 0 Å². The summed E-state index contributed by atoms with van der Waals surface area (Å²) in [4.78, 5) is 19.8. The summed E-state index contributed by atoms with van der Waals surface area (Å²) in [6.07, 6.45) is 11.8. The summed E-state index contributed by atoms with van der Waals surface area (Å²) in [5.41, 5.74) is 3.68. The highest BCUT2D eigenvalue weighted by molar-refractivity contribution is 5.96. The van der Waals surface area contributed by atoms with Gasteiger partial charge in [-0.05, 0) is 67.8 Å². The van der Waals surface area contributed by atoms with Gasteiger partial charge in [0.25, 0.3) is 0 Å². The highest BCUT2D eigenvalue weighted by Gasteiger charge is 2.34. The van der Waals surface area contributed by atoms with E-state index in [0.29, 0.717) is 0 Å². The molecule has 0 saturated carbocycles.